The number of halogens is 1. The maximum Gasteiger partial charge on any atom is 0.119 e. The number of aromatic hydroxyl groups is 1. The smallest absolute Gasteiger partial charge is 0.119 e. The van der Waals surface area contributed by atoms with Gasteiger partial charge in [-0.2, -0.15) is 0 Å². The second kappa shape index (κ2) is 3.31. The molecule has 0 aliphatic carbocycles. The fourth-order valence-corrected chi connectivity index (χ4v) is 2.97. The van der Waals surface area contributed by atoms with Crippen LogP contribution in [0.5, 0.6) is 5.75 Å². The van der Waals surface area contributed by atoms with E-state index in [0.29, 0.717) is 5.75 Å². The highest BCUT2D eigenvalue weighted by atomic mass is 79.9. The van der Waals surface area contributed by atoms with Gasteiger partial charge in [0, 0.05) is 4.70 Å². The molecule has 0 saturated heterocycles. The Morgan fingerprint density at radius 3 is 2.85 bits per heavy atom. The fourth-order valence-electron chi connectivity index (χ4n) is 1.37. The van der Waals surface area contributed by atoms with Gasteiger partial charge < -0.3 is 5.11 Å². The molecule has 1 aromatic carbocycles. The number of hydrogen-bond donors (Lipinski definition) is 1. The molecule has 0 bridgehead atoms. The van der Waals surface area contributed by atoms with Gasteiger partial charge in [0.05, 0.1) is 3.79 Å². The first-order valence-corrected chi connectivity index (χ1v) is 5.72. The molecular formula is C10H9BrOS. The second-order valence-electron chi connectivity index (χ2n) is 2.92. The van der Waals surface area contributed by atoms with Crippen LogP contribution < -0.4 is 0 Å². The molecule has 0 aliphatic heterocycles. The van der Waals surface area contributed by atoms with Crippen LogP contribution in [0.4, 0.5) is 0 Å². The van der Waals surface area contributed by atoms with Crippen molar-refractivity contribution < 1.29 is 5.11 Å². The van der Waals surface area contributed by atoms with Gasteiger partial charge in [-0.05, 0) is 51.5 Å². The maximum absolute atomic E-state index is 9.61. The topological polar surface area (TPSA) is 20.2 Å². The molecule has 0 spiro atoms. The van der Waals surface area contributed by atoms with E-state index in [2.05, 4.69) is 22.0 Å². The molecule has 1 aromatic heterocycles. The Kier molecular flexibility index (Phi) is 2.30. The molecule has 0 unspecified atom stereocenters. The lowest BCUT2D eigenvalue weighted by Gasteiger charge is -2.00. The van der Waals surface area contributed by atoms with Gasteiger partial charge in [0.1, 0.15) is 5.75 Å². The summed E-state index contributed by atoms with van der Waals surface area (Å²) >= 11 is 5.13. The first-order valence-electron chi connectivity index (χ1n) is 4.11. The highest BCUT2D eigenvalue weighted by Crippen LogP contribution is 2.34. The van der Waals surface area contributed by atoms with Crippen molar-refractivity contribution in [3.8, 4) is 5.75 Å². The molecule has 1 N–H and O–H groups in total. The third kappa shape index (κ3) is 1.58. The van der Waals surface area contributed by atoms with Crippen molar-refractivity contribution in [1.82, 2.24) is 0 Å². The number of aryl methyl sites for hydroxylation is 1. The summed E-state index contributed by atoms with van der Waals surface area (Å²) in [4.78, 5) is 0. The van der Waals surface area contributed by atoms with Gasteiger partial charge >= 0.3 is 0 Å². The summed E-state index contributed by atoms with van der Waals surface area (Å²) < 4.78 is 2.33. The molecular weight excluding hydrogens is 248 g/mol. The van der Waals surface area contributed by atoms with Crippen molar-refractivity contribution in [3.05, 3.63) is 27.5 Å². The van der Waals surface area contributed by atoms with Crippen LogP contribution in [-0.4, -0.2) is 5.11 Å². The van der Waals surface area contributed by atoms with Crippen LogP contribution in [0.2, 0.25) is 0 Å². The Morgan fingerprint density at radius 1 is 1.38 bits per heavy atom. The predicted molar refractivity (Wildman–Crippen MR) is 60.6 cm³/mol. The molecule has 0 aliphatic rings. The Hall–Kier alpha value is -0.540. The summed E-state index contributed by atoms with van der Waals surface area (Å²) in [6, 6.07) is 5.91. The van der Waals surface area contributed by atoms with Crippen LogP contribution in [0.1, 0.15) is 12.5 Å². The van der Waals surface area contributed by atoms with Crippen molar-refractivity contribution >= 4 is 37.4 Å². The van der Waals surface area contributed by atoms with Crippen molar-refractivity contribution in [2.24, 2.45) is 0 Å². The summed E-state index contributed by atoms with van der Waals surface area (Å²) in [6.07, 6.45) is 0.872. The van der Waals surface area contributed by atoms with Gasteiger partial charge in [-0.15, -0.1) is 11.3 Å². The van der Waals surface area contributed by atoms with Crippen molar-refractivity contribution in [2.75, 3.05) is 0 Å². The second-order valence-corrected chi connectivity index (χ2v) is 5.39. The molecule has 3 heteroatoms. The van der Waals surface area contributed by atoms with E-state index in [9.17, 15) is 5.11 Å². The quantitative estimate of drug-likeness (QED) is 0.820. The number of benzene rings is 1. The van der Waals surface area contributed by atoms with E-state index in [4.69, 9.17) is 0 Å². The van der Waals surface area contributed by atoms with Crippen molar-refractivity contribution in [2.45, 2.75) is 13.3 Å². The fraction of sp³-hybridized carbons (Fsp3) is 0.200. The Balaban J connectivity index is 2.72. The molecule has 0 saturated carbocycles. The average molecular weight is 257 g/mol. The molecule has 0 fully saturated rings. The summed E-state index contributed by atoms with van der Waals surface area (Å²) in [5.74, 6) is 0.403. The first-order chi connectivity index (χ1) is 6.20. The van der Waals surface area contributed by atoms with E-state index in [1.165, 1.54) is 4.70 Å². The van der Waals surface area contributed by atoms with Gasteiger partial charge in [0.15, 0.2) is 0 Å². The van der Waals surface area contributed by atoms with Gasteiger partial charge in [0.2, 0.25) is 0 Å². The first kappa shape index (κ1) is 9.03. The lowest BCUT2D eigenvalue weighted by Crippen LogP contribution is -1.79. The SMILES string of the molecule is CCc1cc2sc(Br)cc2cc1O. The third-order valence-corrected chi connectivity index (χ3v) is 3.67. The lowest BCUT2D eigenvalue weighted by molar-refractivity contribution is 0.470. The number of fused-ring (bicyclic) bond motifs is 1. The average Bonchev–Trinajstić information content (AvgIpc) is 2.42. The van der Waals surface area contributed by atoms with Crippen molar-refractivity contribution in [3.63, 3.8) is 0 Å². The van der Waals surface area contributed by atoms with Crippen LogP contribution >= 0.6 is 27.3 Å². The molecule has 68 valence electrons. The van der Waals surface area contributed by atoms with Crippen molar-refractivity contribution in [1.29, 1.82) is 0 Å². The van der Waals surface area contributed by atoms with Gasteiger partial charge in [-0.3, -0.25) is 0 Å². The molecule has 2 rings (SSSR count). The highest BCUT2D eigenvalue weighted by molar-refractivity contribution is 9.11. The standard InChI is InChI=1S/C10H9BrOS/c1-2-6-4-9-7(3-8(6)12)5-10(11)13-9/h3-5,12H,2H2,1H3. The molecule has 0 radical (unpaired) electrons. The minimum atomic E-state index is 0.403. The van der Waals surface area contributed by atoms with E-state index >= 15 is 0 Å². The molecule has 2 aromatic rings. The molecule has 0 amide bonds. The van der Waals surface area contributed by atoms with E-state index in [1.54, 1.807) is 11.3 Å². The van der Waals surface area contributed by atoms with Gasteiger partial charge in [-0.25, -0.2) is 0 Å². The van der Waals surface area contributed by atoms with E-state index in [0.717, 1.165) is 21.2 Å². The maximum atomic E-state index is 9.61. The van der Waals surface area contributed by atoms with Crippen LogP contribution in [0.25, 0.3) is 10.1 Å². The van der Waals surface area contributed by atoms with E-state index < -0.39 is 0 Å². The minimum Gasteiger partial charge on any atom is -0.508 e. The highest BCUT2D eigenvalue weighted by Gasteiger charge is 2.04. The zero-order valence-corrected chi connectivity index (χ0v) is 9.58. The molecule has 1 nitrogen and oxygen atoms in total. The normalized spacial score (nSPS) is 10.9. The summed E-state index contributed by atoms with van der Waals surface area (Å²) in [6.45, 7) is 2.05. The van der Waals surface area contributed by atoms with Crippen LogP contribution in [0, 0.1) is 0 Å². The van der Waals surface area contributed by atoms with Gasteiger partial charge in [-0.1, -0.05) is 6.92 Å². The zero-order chi connectivity index (χ0) is 9.42. The van der Waals surface area contributed by atoms with E-state index in [-0.39, 0.29) is 0 Å². The number of phenolic OH excluding ortho intramolecular Hbond substituents is 1. The Labute approximate surface area is 89.1 Å². The Morgan fingerprint density at radius 2 is 2.15 bits per heavy atom. The zero-order valence-electron chi connectivity index (χ0n) is 7.17. The van der Waals surface area contributed by atoms with Gasteiger partial charge in [0.25, 0.3) is 0 Å². The number of hydrogen-bond acceptors (Lipinski definition) is 2. The van der Waals surface area contributed by atoms with E-state index in [1.807, 2.05) is 19.1 Å². The summed E-state index contributed by atoms with van der Waals surface area (Å²) in [5, 5.41) is 10.7. The van der Waals surface area contributed by atoms with Crippen LogP contribution in [0.15, 0.2) is 22.0 Å². The lowest BCUT2D eigenvalue weighted by atomic mass is 10.1. The number of phenols is 1. The molecule has 1 heterocycles. The number of thiophene rings is 1. The summed E-state index contributed by atoms with van der Waals surface area (Å²) in [5.41, 5.74) is 1.02. The monoisotopic (exact) mass is 256 g/mol. The van der Waals surface area contributed by atoms with Crippen LogP contribution in [-0.2, 0) is 6.42 Å². The largest absolute Gasteiger partial charge is 0.508 e. The Bertz CT molecular complexity index is 447. The minimum absolute atomic E-state index is 0.403. The number of rotatable bonds is 1. The third-order valence-electron chi connectivity index (χ3n) is 2.07. The predicted octanol–water partition coefficient (Wildman–Crippen LogP) is 3.93. The molecule has 13 heavy (non-hydrogen) atoms. The summed E-state index contributed by atoms with van der Waals surface area (Å²) in [7, 11) is 0. The molecule has 0 atom stereocenters. The van der Waals surface area contributed by atoms with Crippen LogP contribution in [0.3, 0.4) is 0 Å².